The monoisotopic (exact) mass is 296 g/mol. The van der Waals surface area contributed by atoms with Gasteiger partial charge in [0.2, 0.25) is 0 Å². The largest absolute Gasteiger partial charge is 0.364 e. The Morgan fingerprint density at radius 3 is 3.15 bits per heavy atom. The highest BCUT2D eigenvalue weighted by molar-refractivity contribution is 6.33. The molecule has 0 bridgehead atoms. The van der Waals surface area contributed by atoms with Crippen molar-refractivity contribution in [2.45, 2.75) is 38.8 Å². The van der Waals surface area contributed by atoms with Crippen molar-refractivity contribution in [3.05, 3.63) is 21.6 Å². The molecule has 110 valence electrons. The molecule has 0 spiro atoms. The molecule has 2 saturated heterocycles. The minimum absolute atomic E-state index is 0.160. The molecule has 0 unspecified atom stereocenters. The van der Waals surface area contributed by atoms with Gasteiger partial charge in [-0.2, -0.15) is 5.10 Å². The molecule has 2 aliphatic heterocycles. The summed E-state index contributed by atoms with van der Waals surface area (Å²) in [6.45, 7) is 5.75. The summed E-state index contributed by atoms with van der Waals surface area (Å²) in [5.74, 6) is 0.675. The molecule has 6 heteroatoms. The number of fused-ring (bicyclic) bond motifs is 1. The number of hydrogen-bond acceptors (Lipinski definition) is 4. The van der Waals surface area contributed by atoms with Crippen molar-refractivity contribution in [1.82, 2.24) is 15.1 Å². The van der Waals surface area contributed by atoms with Crippen LogP contribution in [-0.2, 0) is 6.54 Å². The first-order chi connectivity index (χ1) is 9.72. The van der Waals surface area contributed by atoms with E-state index < -0.39 is 0 Å². The van der Waals surface area contributed by atoms with Crippen molar-refractivity contribution in [2.24, 2.45) is 5.92 Å². The molecule has 0 amide bonds. The molecule has 0 radical (unpaired) electrons. The molecule has 1 aromatic rings. The standard InChI is InChI=1S/C14H21ClN4O/c1-2-3-5-19-14(20)13(15)12(9-17-19)18-6-4-10-7-16-8-11(10)18/h9-11,16H,2-8H2,1H3/t10-,11+/m0/s1. The second-order valence-electron chi connectivity index (χ2n) is 5.69. The van der Waals surface area contributed by atoms with Crippen LogP contribution in [0.2, 0.25) is 5.02 Å². The number of halogens is 1. The van der Waals surface area contributed by atoms with Gasteiger partial charge in [0.05, 0.1) is 11.9 Å². The topological polar surface area (TPSA) is 50.2 Å². The maximum absolute atomic E-state index is 12.3. The SMILES string of the molecule is CCCCn1ncc(N2CC[C@H]3CNC[C@H]32)c(Cl)c1=O. The van der Waals surface area contributed by atoms with Crippen LogP contribution in [0.15, 0.2) is 11.0 Å². The Labute approximate surface area is 123 Å². The van der Waals surface area contributed by atoms with E-state index in [-0.39, 0.29) is 5.56 Å². The summed E-state index contributed by atoms with van der Waals surface area (Å²) in [4.78, 5) is 14.5. The summed E-state index contributed by atoms with van der Waals surface area (Å²) in [5, 5.41) is 8.02. The van der Waals surface area contributed by atoms with Crippen LogP contribution >= 0.6 is 11.6 Å². The Balaban J connectivity index is 1.87. The van der Waals surface area contributed by atoms with Crippen LogP contribution in [0, 0.1) is 5.92 Å². The Morgan fingerprint density at radius 2 is 2.35 bits per heavy atom. The summed E-state index contributed by atoms with van der Waals surface area (Å²) in [5.41, 5.74) is 0.646. The number of rotatable bonds is 4. The van der Waals surface area contributed by atoms with E-state index in [1.165, 1.54) is 4.68 Å². The first-order valence-electron chi connectivity index (χ1n) is 7.45. The molecule has 1 aromatic heterocycles. The lowest BCUT2D eigenvalue weighted by Crippen LogP contribution is -2.36. The third kappa shape index (κ3) is 2.33. The van der Waals surface area contributed by atoms with Crippen LogP contribution in [0.4, 0.5) is 5.69 Å². The first kappa shape index (κ1) is 13.9. The van der Waals surface area contributed by atoms with E-state index in [0.29, 0.717) is 23.5 Å². The number of aryl methyl sites for hydroxylation is 1. The highest BCUT2D eigenvalue weighted by Crippen LogP contribution is 2.33. The summed E-state index contributed by atoms with van der Waals surface area (Å²) in [6, 6.07) is 0.459. The second-order valence-corrected chi connectivity index (χ2v) is 6.07. The zero-order valence-electron chi connectivity index (χ0n) is 11.8. The van der Waals surface area contributed by atoms with E-state index in [4.69, 9.17) is 11.6 Å². The summed E-state index contributed by atoms with van der Waals surface area (Å²) in [7, 11) is 0. The molecular formula is C14H21ClN4O. The van der Waals surface area contributed by atoms with Crippen molar-refractivity contribution in [1.29, 1.82) is 0 Å². The fourth-order valence-corrected chi connectivity index (χ4v) is 3.53. The zero-order valence-corrected chi connectivity index (χ0v) is 12.6. The molecule has 5 nitrogen and oxygen atoms in total. The smallest absolute Gasteiger partial charge is 0.287 e. The van der Waals surface area contributed by atoms with Crippen LogP contribution in [0.3, 0.4) is 0 Å². The number of unbranched alkanes of at least 4 members (excludes halogenated alkanes) is 1. The number of anilines is 1. The lowest BCUT2D eigenvalue weighted by molar-refractivity contribution is 0.540. The van der Waals surface area contributed by atoms with Gasteiger partial charge in [0.15, 0.2) is 0 Å². The van der Waals surface area contributed by atoms with Crippen molar-refractivity contribution in [2.75, 3.05) is 24.5 Å². The van der Waals surface area contributed by atoms with Gasteiger partial charge < -0.3 is 10.2 Å². The van der Waals surface area contributed by atoms with E-state index in [9.17, 15) is 4.79 Å². The lowest BCUT2D eigenvalue weighted by Gasteiger charge is -2.26. The lowest BCUT2D eigenvalue weighted by atomic mass is 10.1. The van der Waals surface area contributed by atoms with Gasteiger partial charge in [-0.15, -0.1) is 0 Å². The van der Waals surface area contributed by atoms with Gasteiger partial charge in [-0.3, -0.25) is 4.79 Å². The van der Waals surface area contributed by atoms with Gasteiger partial charge in [-0.1, -0.05) is 24.9 Å². The fraction of sp³-hybridized carbons (Fsp3) is 0.714. The minimum atomic E-state index is -0.160. The average molecular weight is 297 g/mol. The molecule has 3 rings (SSSR count). The number of nitrogens with one attached hydrogen (secondary N) is 1. The van der Waals surface area contributed by atoms with E-state index in [1.807, 2.05) is 0 Å². The molecule has 20 heavy (non-hydrogen) atoms. The van der Waals surface area contributed by atoms with E-state index in [0.717, 1.165) is 44.6 Å². The number of nitrogens with zero attached hydrogens (tertiary/aromatic N) is 3. The van der Waals surface area contributed by atoms with Gasteiger partial charge in [0.25, 0.3) is 5.56 Å². The average Bonchev–Trinajstić information content (AvgIpc) is 3.04. The van der Waals surface area contributed by atoms with E-state index >= 15 is 0 Å². The third-order valence-electron chi connectivity index (χ3n) is 4.44. The normalized spacial score (nSPS) is 25.2. The summed E-state index contributed by atoms with van der Waals surface area (Å²) in [6.07, 6.45) is 4.91. The number of hydrogen-bond donors (Lipinski definition) is 1. The third-order valence-corrected chi connectivity index (χ3v) is 4.80. The van der Waals surface area contributed by atoms with Gasteiger partial charge in [-0.05, 0) is 18.8 Å². The molecule has 0 aromatic carbocycles. The minimum Gasteiger partial charge on any atom is -0.364 e. The van der Waals surface area contributed by atoms with Crippen molar-refractivity contribution in [3.8, 4) is 0 Å². The van der Waals surface area contributed by atoms with E-state index in [2.05, 4.69) is 22.2 Å². The molecule has 0 aliphatic carbocycles. The molecule has 2 fully saturated rings. The highest BCUT2D eigenvalue weighted by Gasteiger charge is 2.38. The van der Waals surface area contributed by atoms with Crippen LogP contribution in [0.5, 0.6) is 0 Å². The number of aromatic nitrogens is 2. The van der Waals surface area contributed by atoms with Crippen LogP contribution < -0.4 is 15.8 Å². The van der Waals surface area contributed by atoms with Gasteiger partial charge in [0, 0.05) is 32.2 Å². The van der Waals surface area contributed by atoms with Gasteiger partial charge in [0.1, 0.15) is 5.02 Å². The zero-order chi connectivity index (χ0) is 14.1. The Morgan fingerprint density at radius 1 is 1.50 bits per heavy atom. The van der Waals surface area contributed by atoms with Crippen LogP contribution in [-0.4, -0.2) is 35.5 Å². The predicted molar refractivity (Wildman–Crippen MR) is 80.5 cm³/mol. The van der Waals surface area contributed by atoms with Crippen molar-refractivity contribution in [3.63, 3.8) is 0 Å². The quantitative estimate of drug-likeness (QED) is 0.915. The second kappa shape index (κ2) is 5.74. The van der Waals surface area contributed by atoms with Crippen molar-refractivity contribution < 1.29 is 0 Å². The molecule has 2 atom stereocenters. The summed E-state index contributed by atoms with van der Waals surface area (Å²) < 4.78 is 1.48. The maximum atomic E-state index is 12.3. The highest BCUT2D eigenvalue weighted by atomic mass is 35.5. The molecule has 0 saturated carbocycles. The fourth-order valence-electron chi connectivity index (χ4n) is 3.27. The van der Waals surface area contributed by atoms with Crippen LogP contribution in [0.1, 0.15) is 26.2 Å². The van der Waals surface area contributed by atoms with Crippen LogP contribution in [0.25, 0.3) is 0 Å². The molecule has 2 aliphatic rings. The molecule has 1 N–H and O–H groups in total. The first-order valence-corrected chi connectivity index (χ1v) is 7.83. The Kier molecular flexibility index (Phi) is 3.98. The molecular weight excluding hydrogens is 276 g/mol. The van der Waals surface area contributed by atoms with E-state index in [1.54, 1.807) is 6.20 Å². The Hall–Kier alpha value is -1.07. The van der Waals surface area contributed by atoms with Crippen molar-refractivity contribution >= 4 is 17.3 Å². The maximum Gasteiger partial charge on any atom is 0.287 e. The summed E-state index contributed by atoms with van der Waals surface area (Å²) >= 11 is 6.31. The molecule has 3 heterocycles. The predicted octanol–water partition coefficient (Wildman–Crippen LogP) is 1.49. The van der Waals surface area contributed by atoms with Gasteiger partial charge in [-0.25, -0.2) is 4.68 Å². The Bertz CT molecular complexity index is 544. The van der Waals surface area contributed by atoms with Gasteiger partial charge >= 0.3 is 0 Å².